The number of aryl methyl sites for hydroxylation is 2. The third kappa shape index (κ3) is 3.09. The molecule has 0 fully saturated rings. The fraction of sp³-hybridized carbons (Fsp3) is 0.188. The zero-order chi connectivity index (χ0) is 14.7. The summed E-state index contributed by atoms with van der Waals surface area (Å²) in [6, 6.07) is 10.4. The Balaban J connectivity index is 2.09. The minimum Gasteiger partial charge on any atom is -0.489 e. The van der Waals surface area contributed by atoms with Gasteiger partial charge in [0, 0.05) is 5.69 Å². The van der Waals surface area contributed by atoms with Gasteiger partial charge in [-0.15, -0.1) is 0 Å². The van der Waals surface area contributed by atoms with Gasteiger partial charge in [0.05, 0.1) is 5.56 Å². The molecule has 2 rings (SSSR count). The van der Waals surface area contributed by atoms with E-state index in [1.807, 2.05) is 26.0 Å². The van der Waals surface area contributed by atoms with Crippen LogP contribution in [0.5, 0.6) is 5.75 Å². The van der Waals surface area contributed by atoms with Crippen LogP contribution in [0.1, 0.15) is 27.0 Å². The molecule has 0 saturated heterocycles. The van der Waals surface area contributed by atoms with Gasteiger partial charge in [0.1, 0.15) is 12.4 Å². The number of carboxylic acid groups (broad SMARTS) is 1. The normalized spacial score (nSPS) is 10.3. The lowest BCUT2D eigenvalue weighted by Gasteiger charge is -2.11. The van der Waals surface area contributed by atoms with E-state index in [1.54, 1.807) is 24.3 Å². The first-order valence-corrected chi connectivity index (χ1v) is 6.29. The van der Waals surface area contributed by atoms with Crippen molar-refractivity contribution in [3.8, 4) is 5.75 Å². The molecule has 0 unspecified atom stereocenters. The molecular weight excluding hydrogens is 254 g/mol. The molecule has 0 bridgehead atoms. The van der Waals surface area contributed by atoms with Crippen molar-refractivity contribution in [1.29, 1.82) is 0 Å². The summed E-state index contributed by atoms with van der Waals surface area (Å²) < 4.78 is 5.76. The van der Waals surface area contributed by atoms with Crippen molar-refractivity contribution in [3.63, 3.8) is 0 Å². The van der Waals surface area contributed by atoms with Gasteiger partial charge in [-0.05, 0) is 54.8 Å². The second-order valence-electron chi connectivity index (χ2n) is 4.77. The largest absolute Gasteiger partial charge is 0.489 e. The van der Waals surface area contributed by atoms with E-state index in [0.717, 1.165) is 28.1 Å². The highest BCUT2D eigenvalue weighted by atomic mass is 16.5. The van der Waals surface area contributed by atoms with Crippen LogP contribution in [-0.2, 0) is 6.61 Å². The van der Waals surface area contributed by atoms with E-state index < -0.39 is 5.97 Å². The van der Waals surface area contributed by atoms with E-state index in [4.69, 9.17) is 15.6 Å². The number of aromatic carboxylic acids is 1. The van der Waals surface area contributed by atoms with E-state index >= 15 is 0 Å². The minimum absolute atomic E-state index is 0.272. The van der Waals surface area contributed by atoms with Gasteiger partial charge in [-0.1, -0.05) is 12.1 Å². The topological polar surface area (TPSA) is 72.5 Å². The van der Waals surface area contributed by atoms with E-state index in [9.17, 15) is 4.79 Å². The third-order valence-electron chi connectivity index (χ3n) is 3.16. The Morgan fingerprint density at radius 3 is 2.40 bits per heavy atom. The molecule has 0 heterocycles. The number of hydrogen-bond acceptors (Lipinski definition) is 3. The fourth-order valence-corrected chi connectivity index (χ4v) is 1.87. The molecular formula is C16H17NO3. The van der Waals surface area contributed by atoms with Gasteiger partial charge in [0.2, 0.25) is 0 Å². The summed E-state index contributed by atoms with van der Waals surface area (Å²) in [5.41, 5.74) is 9.73. The highest BCUT2D eigenvalue weighted by molar-refractivity contribution is 5.87. The third-order valence-corrected chi connectivity index (χ3v) is 3.16. The Labute approximate surface area is 117 Å². The van der Waals surface area contributed by atoms with Crippen molar-refractivity contribution in [2.24, 2.45) is 0 Å². The van der Waals surface area contributed by atoms with Crippen molar-refractivity contribution in [2.45, 2.75) is 20.5 Å². The SMILES string of the molecule is Cc1cc(OCc2ccc(C(=O)O)cc2)c(C)cc1N. The number of hydrogen-bond donors (Lipinski definition) is 2. The molecule has 0 saturated carbocycles. The molecule has 4 heteroatoms. The number of carbonyl (C=O) groups is 1. The molecule has 2 aromatic carbocycles. The second kappa shape index (κ2) is 5.65. The second-order valence-corrected chi connectivity index (χ2v) is 4.77. The van der Waals surface area contributed by atoms with Crippen LogP contribution in [0.3, 0.4) is 0 Å². The summed E-state index contributed by atoms with van der Waals surface area (Å²) in [6.45, 7) is 4.27. The molecule has 0 aromatic heterocycles. The molecule has 0 aliphatic heterocycles. The summed E-state index contributed by atoms with van der Waals surface area (Å²) in [4.78, 5) is 10.8. The first kappa shape index (κ1) is 13.9. The van der Waals surface area contributed by atoms with Gasteiger partial charge in [0.25, 0.3) is 0 Å². The van der Waals surface area contributed by atoms with Crippen LogP contribution in [0.25, 0.3) is 0 Å². The summed E-state index contributed by atoms with van der Waals surface area (Å²) in [6.07, 6.45) is 0. The average Bonchev–Trinajstić information content (AvgIpc) is 2.42. The molecule has 0 radical (unpaired) electrons. The predicted molar refractivity (Wildman–Crippen MR) is 78.1 cm³/mol. The van der Waals surface area contributed by atoms with Gasteiger partial charge in [-0.3, -0.25) is 0 Å². The quantitative estimate of drug-likeness (QED) is 0.838. The molecule has 104 valence electrons. The number of ether oxygens (including phenoxy) is 1. The van der Waals surface area contributed by atoms with Crippen molar-refractivity contribution < 1.29 is 14.6 Å². The van der Waals surface area contributed by atoms with Crippen LogP contribution in [0, 0.1) is 13.8 Å². The number of benzene rings is 2. The molecule has 2 aromatic rings. The highest BCUT2D eigenvalue weighted by Gasteiger charge is 2.05. The summed E-state index contributed by atoms with van der Waals surface area (Å²) in [7, 11) is 0. The van der Waals surface area contributed by atoms with Gasteiger partial charge < -0.3 is 15.6 Å². The van der Waals surface area contributed by atoms with Gasteiger partial charge in [0.15, 0.2) is 0 Å². The summed E-state index contributed by atoms with van der Waals surface area (Å²) in [5.74, 6) is -0.138. The summed E-state index contributed by atoms with van der Waals surface area (Å²) in [5, 5.41) is 8.83. The van der Waals surface area contributed by atoms with Gasteiger partial charge >= 0.3 is 5.97 Å². The Hall–Kier alpha value is -2.49. The first-order valence-electron chi connectivity index (χ1n) is 6.29. The maximum atomic E-state index is 10.8. The molecule has 0 spiro atoms. The first-order chi connectivity index (χ1) is 9.47. The van der Waals surface area contributed by atoms with E-state index in [1.165, 1.54) is 0 Å². The highest BCUT2D eigenvalue weighted by Crippen LogP contribution is 2.25. The zero-order valence-corrected chi connectivity index (χ0v) is 11.5. The molecule has 0 amide bonds. The number of anilines is 1. The van der Waals surface area contributed by atoms with Crippen molar-refractivity contribution in [2.75, 3.05) is 5.73 Å². The predicted octanol–water partition coefficient (Wildman–Crippen LogP) is 3.16. The maximum Gasteiger partial charge on any atom is 0.335 e. The lowest BCUT2D eigenvalue weighted by atomic mass is 10.1. The number of nitrogen functional groups attached to an aromatic ring is 1. The molecule has 0 atom stereocenters. The van der Waals surface area contributed by atoms with E-state index in [0.29, 0.717) is 6.61 Å². The average molecular weight is 271 g/mol. The Bertz CT molecular complexity index is 633. The van der Waals surface area contributed by atoms with Crippen LogP contribution in [0.15, 0.2) is 36.4 Å². The van der Waals surface area contributed by atoms with Crippen molar-refractivity contribution >= 4 is 11.7 Å². The summed E-state index contributed by atoms with van der Waals surface area (Å²) >= 11 is 0. The van der Waals surface area contributed by atoms with Crippen LogP contribution >= 0.6 is 0 Å². The molecule has 20 heavy (non-hydrogen) atoms. The number of rotatable bonds is 4. The van der Waals surface area contributed by atoms with Crippen LogP contribution in [0.2, 0.25) is 0 Å². The molecule has 4 nitrogen and oxygen atoms in total. The maximum absolute atomic E-state index is 10.8. The van der Waals surface area contributed by atoms with Crippen LogP contribution < -0.4 is 10.5 Å². The lowest BCUT2D eigenvalue weighted by molar-refractivity contribution is 0.0697. The smallest absolute Gasteiger partial charge is 0.335 e. The zero-order valence-electron chi connectivity index (χ0n) is 11.5. The molecule has 0 aliphatic rings. The van der Waals surface area contributed by atoms with Crippen molar-refractivity contribution in [3.05, 3.63) is 58.7 Å². The molecule has 0 aliphatic carbocycles. The van der Waals surface area contributed by atoms with E-state index in [2.05, 4.69) is 0 Å². The number of carboxylic acids is 1. The standard InChI is InChI=1S/C16H17NO3/c1-10-8-15(11(2)7-14(10)17)20-9-12-3-5-13(6-4-12)16(18)19/h3-8H,9,17H2,1-2H3,(H,18,19). The Kier molecular flexibility index (Phi) is 3.94. The fourth-order valence-electron chi connectivity index (χ4n) is 1.87. The minimum atomic E-state index is -0.928. The van der Waals surface area contributed by atoms with Gasteiger partial charge in [-0.2, -0.15) is 0 Å². The Morgan fingerprint density at radius 2 is 1.80 bits per heavy atom. The van der Waals surface area contributed by atoms with Crippen LogP contribution in [0.4, 0.5) is 5.69 Å². The van der Waals surface area contributed by atoms with Gasteiger partial charge in [-0.25, -0.2) is 4.79 Å². The lowest BCUT2D eigenvalue weighted by Crippen LogP contribution is -2.01. The van der Waals surface area contributed by atoms with Crippen molar-refractivity contribution in [1.82, 2.24) is 0 Å². The molecule has 3 N–H and O–H groups in total. The number of nitrogens with two attached hydrogens (primary N) is 1. The van der Waals surface area contributed by atoms with Crippen LogP contribution in [-0.4, -0.2) is 11.1 Å². The van der Waals surface area contributed by atoms with E-state index in [-0.39, 0.29) is 5.56 Å². The monoisotopic (exact) mass is 271 g/mol. The Morgan fingerprint density at radius 1 is 1.15 bits per heavy atom.